The molecule has 0 amide bonds. The van der Waals surface area contributed by atoms with E-state index in [0.717, 1.165) is 18.8 Å². The minimum absolute atomic E-state index is 0.165. The molecule has 5 nitrogen and oxygen atoms in total. The first-order valence-electron chi connectivity index (χ1n) is 6.25. The second kappa shape index (κ2) is 5.82. The van der Waals surface area contributed by atoms with Crippen LogP contribution < -0.4 is 10.9 Å². The van der Waals surface area contributed by atoms with E-state index in [1.54, 1.807) is 6.20 Å². The molecule has 94 valence electrons. The van der Waals surface area contributed by atoms with Gasteiger partial charge in [0.2, 0.25) is 0 Å². The van der Waals surface area contributed by atoms with Crippen LogP contribution in [0.2, 0.25) is 0 Å². The van der Waals surface area contributed by atoms with E-state index in [4.69, 9.17) is 0 Å². The van der Waals surface area contributed by atoms with E-state index in [1.165, 1.54) is 32.0 Å². The quantitative estimate of drug-likeness (QED) is 0.798. The lowest BCUT2D eigenvalue weighted by Crippen LogP contribution is -2.29. The molecule has 1 aliphatic heterocycles. The van der Waals surface area contributed by atoms with Crippen LogP contribution in [-0.2, 0) is 0 Å². The Kier molecular flexibility index (Phi) is 4.14. The van der Waals surface area contributed by atoms with E-state index in [-0.39, 0.29) is 5.56 Å². The Morgan fingerprint density at radius 1 is 1.53 bits per heavy atom. The summed E-state index contributed by atoms with van der Waals surface area (Å²) in [6.45, 7) is 6.70. The second-order valence-corrected chi connectivity index (χ2v) is 4.83. The number of H-pyrrole nitrogens is 1. The lowest BCUT2D eigenvalue weighted by atomic mass is 10.1. The SMILES string of the molecule is CC(CNc1cn[nH]c(=O)c1)CN1CCCC1. The van der Waals surface area contributed by atoms with E-state index in [2.05, 4.69) is 27.3 Å². The van der Waals surface area contributed by atoms with E-state index in [1.807, 2.05) is 0 Å². The van der Waals surface area contributed by atoms with Crippen molar-refractivity contribution in [2.45, 2.75) is 19.8 Å². The van der Waals surface area contributed by atoms with Crippen molar-refractivity contribution in [1.82, 2.24) is 15.1 Å². The summed E-state index contributed by atoms with van der Waals surface area (Å²) in [5, 5.41) is 9.37. The molecule has 0 aliphatic carbocycles. The van der Waals surface area contributed by atoms with Gasteiger partial charge < -0.3 is 10.2 Å². The zero-order valence-corrected chi connectivity index (χ0v) is 10.3. The fourth-order valence-electron chi connectivity index (χ4n) is 2.24. The molecule has 0 aromatic carbocycles. The van der Waals surface area contributed by atoms with Gasteiger partial charge in [0.25, 0.3) is 5.56 Å². The van der Waals surface area contributed by atoms with Gasteiger partial charge in [-0.1, -0.05) is 6.92 Å². The minimum atomic E-state index is -0.165. The van der Waals surface area contributed by atoms with Gasteiger partial charge >= 0.3 is 0 Å². The maximum absolute atomic E-state index is 11.0. The van der Waals surface area contributed by atoms with E-state index in [0.29, 0.717) is 5.92 Å². The fraction of sp³-hybridized carbons (Fsp3) is 0.667. The summed E-state index contributed by atoms with van der Waals surface area (Å²) < 4.78 is 0. The Bertz CT molecular complexity index is 397. The van der Waals surface area contributed by atoms with Crippen LogP contribution in [0, 0.1) is 5.92 Å². The molecule has 1 unspecified atom stereocenters. The summed E-state index contributed by atoms with van der Waals surface area (Å²) in [6, 6.07) is 1.54. The predicted octanol–water partition coefficient (Wildman–Crippen LogP) is 0.914. The highest BCUT2D eigenvalue weighted by Gasteiger charge is 2.14. The van der Waals surface area contributed by atoms with Crippen molar-refractivity contribution in [3.63, 3.8) is 0 Å². The van der Waals surface area contributed by atoms with Gasteiger partial charge in [-0.25, -0.2) is 5.10 Å². The van der Waals surface area contributed by atoms with Crippen LogP contribution in [0.25, 0.3) is 0 Å². The number of aromatic amines is 1. The Hall–Kier alpha value is -1.36. The largest absolute Gasteiger partial charge is 0.383 e. The van der Waals surface area contributed by atoms with Crippen molar-refractivity contribution >= 4 is 5.69 Å². The topological polar surface area (TPSA) is 61.0 Å². The van der Waals surface area contributed by atoms with Crippen LogP contribution in [-0.4, -0.2) is 41.3 Å². The molecule has 2 N–H and O–H groups in total. The zero-order valence-electron chi connectivity index (χ0n) is 10.3. The molecule has 1 aromatic rings. The molecular weight excluding hydrogens is 216 g/mol. The molecule has 1 atom stereocenters. The van der Waals surface area contributed by atoms with E-state index < -0.39 is 0 Å². The number of rotatable bonds is 5. The van der Waals surface area contributed by atoms with Gasteiger partial charge in [0.1, 0.15) is 0 Å². The molecule has 0 spiro atoms. The molecule has 2 rings (SSSR count). The van der Waals surface area contributed by atoms with E-state index in [9.17, 15) is 4.79 Å². The first kappa shape index (κ1) is 12.1. The van der Waals surface area contributed by atoms with Crippen molar-refractivity contribution in [3.8, 4) is 0 Å². The van der Waals surface area contributed by atoms with Gasteiger partial charge in [-0.3, -0.25) is 4.79 Å². The number of hydrogen-bond acceptors (Lipinski definition) is 4. The van der Waals surface area contributed by atoms with Crippen LogP contribution >= 0.6 is 0 Å². The number of anilines is 1. The summed E-state index contributed by atoms with van der Waals surface area (Å²) in [5.74, 6) is 0.576. The summed E-state index contributed by atoms with van der Waals surface area (Å²) in [5.41, 5.74) is 0.629. The van der Waals surface area contributed by atoms with Crippen LogP contribution in [0.1, 0.15) is 19.8 Å². The number of nitrogens with one attached hydrogen (secondary N) is 2. The smallest absolute Gasteiger partial charge is 0.266 e. The molecule has 1 aromatic heterocycles. The molecule has 0 saturated carbocycles. The van der Waals surface area contributed by atoms with Gasteiger partial charge in [-0.05, 0) is 31.8 Å². The lowest BCUT2D eigenvalue weighted by molar-refractivity contribution is 0.294. The second-order valence-electron chi connectivity index (χ2n) is 4.83. The summed E-state index contributed by atoms with van der Waals surface area (Å²) >= 11 is 0. The molecule has 0 bridgehead atoms. The third kappa shape index (κ3) is 3.85. The molecule has 0 radical (unpaired) electrons. The Morgan fingerprint density at radius 3 is 3.00 bits per heavy atom. The normalized spacial score (nSPS) is 18.2. The summed E-state index contributed by atoms with van der Waals surface area (Å²) in [6.07, 6.45) is 4.31. The average Bonchev–Trinajstić information content (AvgIpc) is 2.79. The predicted molar refractivity (Wildman–Crippen MR) is 68.2 cm³/mol. The van der Waals surface area contributed by atoms with Gasteiger partial charge in [0, 0.05) is 19.2 Å². The molecule has 2 heterocycles. The maximum Gasteiger partial charge on any atom is 0.266 e. The molecule has 5 heteroatoms. The lowest BCUT2D eigenvalue weighted by Gasteiger charge is -2.20. The molecule has 1 fully saturated rings. The maximum atomic E-state index is 11.0. The molecule has 1 aliphatic rings. The van der Waals surface area contributed by atoms with Gasteiger partial charge in [0.15, 0.2) is 0 Å². The molecular formula is C12H20N4O. The number of aromatic nitrogens is 2. The van der Waals surface area contributed by atoms with Crippen LogP contribution in [0.4, 0.5) is 5.69 Å². The highest BCUT2D eigenvalue weighted by Crippen LogP contribution is 2.10. The van der Waals surface area contributed by atoms with Crippen LogP contribution in [0.15, 0.2) is 17.1 Å². The zero-order chi connectivity index (χ0) is 12.1. The first-order chi connectivity index (χ1) is 8.24. The third-order valence-electron chi connectivity index (χ3n) is 3.09. The summed E-state index contributed by atoms with van der Waals surface area (Å²) in [4.78, 5) is 13.5. The number of hydrogen-bond donors (Lipinski definition) is 2. The number of likely N-dealkylation sites (tertiary alicyclic amines) is 1. The van der Waals surface area contributed by atoms with Crippen LogP contribution in [0.5, 0.6) is 0 Å². The standard InChI is InChI=1S/C12H20N4O/c1-10(9-16-4-2-3-5-16)7-13-11-6-12(17)15-14-8-11/h6,8,10H,2-5,7,9H2,1H3,(H2,13,15,17). The molecule has 17 heavy (non-hydrogen) atoms. The highest BCUT2D eigenvalue weighted by atomic mass is 16.1. The monoisotopic (exact) mass is 236 g/mol. The Morgan fingerprint density at radius 2 is 2.29 bits per heavy atom. The average molecular weight is 236 g/mol. The third-order valence-corrected chi connectivity index (χ3v) is 3.09. The Balaban J connectivity index is 1.75. The highest BCUT2D eigenvalue weighted by molar-refractivity contribution is 5.38. The van der Waals surface area contributed by atoms with Crippen LogP contribution in [0.3, 0.4) is 0 Å². The van der Waals surface area contributed by atoms with Crippen molar-refractivity contribution in [2.75, 3.05) is 31.5 Å². The van der Waals surface area contributed by atoms with Crippen molar-refractivity contribution < 1.29 is 0 Å². The van der Waals surface area contributed by atoms with Crippen molar-refractivity contribution in [1.29, 1.82) is 0 Å². The fourth-order valence-corrected chi connectivity index (χ4v) is 2.24. The van der Waals surface area contributed by atoms with E-state index >= 15 is 0 Å². The van der Waals surface area contributed by atoms with Gasteiger partial charge in [-0.2, -0.15) is 5.10 Å². The molecule has 1 saturated heterocycles. The Labute approximate surface area is 101 Å². The number of nitrogens with zero attached hydrogens (tertiary/aromatic N) is 2. The van der Waals surface area contributed by atoms with Gasteiger partial charge in [-0.15, -0.1) is 0 Å². The first-order valence-corrected chi connectivity index (χ1v) is 6.25. The summed E-state index contributed by atoms with van der Waals surface area (Å²) in [7, 11) is 0. The van der Waals surface area contributed by atoms with Gasteiger partial charge in [0.05, 0.1) is 11.9 Å². The minimum Gasteiger partial charge on any atom is -0.383 e. The van der Waals surface area contributed by atoms with Crippen molar-refractivity contribution in [2.24, 2.45) is 5.92 Å². The van der Waals surface area contributed by atoms with Crippen molar-refractivity contribution in [3.05, 3.63) is 22.6 Å².